The molecule has 1 aliphatic rings. The Balaban J connectivity index is 2.53. The van der Waals surface area contributed by atoms with Crippen LogP contribution in [0.4, 0.5) is 4.79 Å². The summed E-state index contributed by atoms with van der Waals surface area (Å²) in [7, 11) is 1.70. The lowest BCUT2D eigenvalue weighted by molar-refractivity contribution is -0.139. The van der Waals surface area contributed by atoms with Crippen LogP contribution >= 0.6 is 0 Å². The van der Waals surface area contributed by atoms with Gasteiger partial charge < -0.3 is 20.4 Å². The Morgan fingerprint density at radius 2 is 2.11 bits per heavy atom. The molecule has 0 bridgehead atoms. The number of amides is 2. The fourth-order valence-electron chi connectivity index (χ4n) is 2.56. The number of carboxylic acids is 1. The van der Waals surface area contributed by atoms with Crippen molar-refractivity contribution >= 4 is 12.0 Å². The number of urea groups is 1. The van der Waals surface area contributed by atoms with E-state index < -0.39 is 12.0 Å². The fraction of sp³-hybridized carbons (Fsp3) is 0.846. The Labute approximate surface area is 113 Å². The van der Waals surface area contributed by atoms with E-state index in [4.69, 9.17) is 10.2 Å². The molecule has 110 valence electrons. The SMILES string of the molecule is CC1CCCC(N(C)C(=O)N[C@H](CCO)C(=O)O)C1. The number of nitrogens with zero attached hydrogens (tertiary/aromatic N) is 1. The van der Waals surface area contributed by atoms with Crippen LogP contribution in [0.3, 0.4) is 0 Å². The standard InChI is InChI=1S/C13H24N2O4/c1-9-4-3-5-10(8-9)15(2)13(19)14-11(6-7-16)12(17)18/h9-11,16H,3-8H2,1-2H3,(H,14,19)(H,17,18)/t9?,10?,11-/m1/s1. The highest BCUT2D eigenvalue weighted by molar-refractivity contribution is 5.82. The summed E-state index contributed by atoms with van der Waals surface area (Å²) >= 11 is 0. The van der Waals surface area contributed by atoms with Crippen LogP contribution in [0, 0.1) is 5.92 Å². The molecule has 0 spiro atoms. The molecule has 3 atom stereocenters. The molecule has 0 radical (unpaired) electrons. The monoisotopic (exact) mass is 272 g/mol. The number of rotatable bonds is 5. The molecule has 0 aromatic carbocycles. The maximum absolute atomic E-state index is 12.0. The first kappa shape index (κ1) is 15.8. The average molecular weight is 272 g/mol. The molecule has 1 fully saturated rings. The second-order valence-electron chi connectivity index (χ2n) is 5.39. The van der Waals surface area contributed by atoms with Crippen LogP contribution in [-0.2, 0) is 4.79 Å². The van der Waals surface area contributed by atoms with Crippen molar-refractivity contribution in [3.63, 3.8) is 0 Å². The van der Waals surface area contributed by atoms with Crippen LogP contribution in [0.25, 0.3) is 0 Å². The van der Waals surface area contributed by atoms with Crippen molar-refractivity contribution in [1.29, 1.82) is 0 Å². The molecule has 0 aromatic rings. The number of carbonyl (C=O) groups excluding carboxylic acids is 1. The molecule has 6 nitrogen and oxygen atoms in total. The molecule has 1 saturated carbocycles. The summed E-state index contributed by atoms with van der Waals surface area (Å²) in [5.74, 6) is -0.519. The molecule has 6 heteroatoms. The van der Waals surface area contributed by atoms with E-state index in [2.05, 4.69) is 12.2 Å². The van der Waals surface area contributed by atoms with Crippen LogP contribution < -0.4 is 5.32 Å². The predicted octanol–water partition coefficient (Wildman–Crippen LogP) is 1.04. The van der Waals surface area contributed by atoms with E-state index in [1.165, 1.54) is 6.42 Å². The fourth-order valence-corrected chi connectivity index (χ4v) is 2.56. The first-order chi connectivity index (χ1) is 8.95. The summed E-state index contributed by atoms with van der Waals surface area (Å²) in [5.41, 5.74) is 0. The topological polar surface area (TPSA) is 89.9 Å². The van der Waals surface area contributed by atoms with E-state index in [-0.39, 0.29) is 25.1 Å². The molecule has 3 N–H and O–H groups in total. The van der Waals surface area contributed by atoms with Crippen molar-refractivity contribution in [2.75, 3.05) is 13.7 Å². The van der Waals surface area contributed by atoms with Gasteiger partial charge in [0.25, 0.3) is 0 Å². The lowest BCUT2D eigenvalue weighted by Crippen LogP contribution is -2.50. The summed E-state index contributed by atoms with van der Waals surface area (Å²) in [6.07, 6.45) is 4.24. The number of carbonyl (C=O) groups is 2. The quantitative estimate of drug-likeness (QED) is 0.697. The Hall–Kier alpha value is -1.30. The van der Waals surface area contributed by atoms with Crippen LogP contribution in [0.5, 0.6) is 0 Å². The van der Waals surface area contributed by atoms with Gasteiger partial charge in [-0.15, -0.1) is 0 Å². The first-order valence-electron chi connectivity index (χ1n) is 6.82. The van der Waals surface area contributed by atoms with Crippen molar-refractivity contribution < 1.29 is 19.8 Å². The van der Waals surface area contributed by atoms with Crippen LogP contribution in [0.1, 0.15) is 39.0 Å². The third-order valence-corrected chi connectivity index (χ3v) is 3.79. The van der Waals surface area contributed by atoms with Crippen molar-refractivity contribution in [3.05, 3.63) is 0 Å². The molecule has 0 heterocycles. The number of carboxylic acid groups (broad SMARTS) is 1. The predicted molar refractivity (Wildman–Crippen MR) is 70.8 cm³/mol. The van der Waals surface area contributed by atoms with Gasteiger partial charge in [-0.3, -0.25) is 0 Å². The van der Waals surface area contributed by atoms with Crippen molar-refractivity contribution in [2.45, 2.75) is 51.1 Å². The second kappa shape index (κ2) is 7.33. The summed E-state index contributed by atoms with van der Waals surface area (Å²) in [5, 5.41) is 20.2. The Kier molecular flexibility index (Phi) is 6.08. The van der Waals surface area contributed by atoms with Gasteiger partial charge >= 0.3 is 12.0 Å². The highest BCUT2D eigenvalue weighted by atomic mass is 16.4. The zero-order chi connectivity index (χ0) is 14.4. The minimum Gasteiger partial charge on any atom is -0.480 e. The molecular weight excluding hydrogens is 248 g/mol. The van der Waals surface area contributed by atoms with E-state index in [9.17, 15) is 9.59 Å². The highest BCUT2D eigenvalue weighted by Crippen LogP contribution is 2.26. The van der Waals surface area contributed by atoms with Crippen molar-refractivity contribution in [3.8, 4) is 0 Å². The highest BCUT2D eigenvalue weighted by Gasteiger charge is 2.27. The molecule has 0 aliphatic heterocycles. The number of aliphatic hydroxyl groups is 1. The lowest BCUT2D eigenvalue weighted by atomic mass is 9.86. The van der Waals surface area contributed by atoms with E-state index in [0.717, 1.165) is 19.3 Å². The van der Waals surface area contributed by atoms with Gasteiger partial charge in [-0.2, -0.15) is 0 Å². The average Bonchev–Trinajstić information content (AvgIpc) is 2.37. The van der Waals surface area contributed by atoms with Gasteiger partial charge in [-0.25, -0.2) is 9.59 Å². The Morgan fingerprint density at radius 3 is 2.63 bits per heavy atom. The van der Waals surface area contributed by atoms with Crippen LogP contribution in [-0.4, -0.2) is 52.9 Å². The molecule has 1 aliphatic carbocycles. The third-order valence-electron chi connectivity index (χ3n) is 3.79. The number of hydrogen-bond acceptors (Lipinski definition) is 3. The van der Waals surface area contributed by atoms with Gasteiger partial charge in [0.1, 0.15) is 6.04 Å². The Bertz CT molecular complexity index is 322. The summed E-state index contributed by atoms with van der Waals surface area (Å²) < 4.78 is 0. The number of aliphatic carboxylic acids is 1. The Morgan fingerprint density at radius 1 is 1.42 bits per heavy atom. The number of hydrogen-bond donors (Lipinski definition) is 3. The van der Waals surface area contributed by atoms with Crippen LogP contribution in [0.15, 0.2) is 0 Å². The van der Waals surface area contributed by atoms with Crippen LogP contribution in [0.2, 0.25) is 0 Å². The first-order valence-corrected chi connectivity index (χ1v) is 6.82. The number of nitrogens with one attached hydrogen (secondary N) is 1. The van der Waals surface area contributed by atoms with Crippen molar-refractivity contribution in [2.24, 2.45) is 5.92 Å². The molecule has 1 rings (SSSR count). The van der Waals surface area contributed by atoms with Crippen molar-refractivity contribution in [1.82, 2.24) is 10.2 Å². The molecular formula is C13H24N2O4. The lowest BCUT2D eigenvalue weighted by Gasteiger charge is -2.34. The van der Waals surface area contributed by atoms with E-state index in [1.807, 2.05) is 0 Å². The second-order valence-corrected chi connectivity index (χ2v) is 5.39. The maximum Gasteiger partial charge on any atom is 0.326 e. The van der Waals surface area contributed by atoms with Gasteiger partial charge in [0.15, 0.2) is 0 Å². The third kappa shape index (κ3) is 4.70. The molecule has 2 amide bonds. The molecule has 0 aromatic heterocycles. The van der Waals surface area contributed by atoms with Gasteiger partial charge in [-0.1, -0.05) is 19.8 Å². The van der Waals surface area contributed by atoms with Gasteiger partial charge in [-0.05, 0) is 18.8 Å². The minimum absolute atomic E-state index is 0.0238. The molecule has 19 heavy (non-hydrogen) atoms. The smallest absolute Gasteiger partial charge is 0.326 e. The zero-order valence-corrected chi connectivity index (χ0v) is 11.6. The summed E-state index contributed by atoms with van der Waals surface area (Å²) in [6, 6.07) is -1.23. The maximum atomic E-state index is 12.0. The summed E-state index contributed by atoms with van der Waals surface area (Å²) in [6.45, 7) is 1.91. The normalized spacial score (nSPS) is 24.6. The van der Waals surface area contributed by atoms with E-state index >= 15 is 0 Å². The van der Waals surface area contributed by atoms with Gasteiger partial charge in [0.2, 0.25) is 0 Å². The molecule has 2 unspecified atom stereocenters. The van der Waals surface area contributed by atoms with Gasteiger partial charge in [0.05, 0.1) is 0 Å². The van der Waals surface area contributed by atoms with Gasteiger partial charge in [0, 0.05) is 26.1 Å². The minimum atomic E-state index is -1.12. The van der Waals surface area contributed by atoms with E-state index in [1.54, 1.807) is 11.9 Å². The summed E-state index contributed by atoms with van der Waals surface area (Å²) in [4.78, 5) is 24.5. The zero-order valence-electron chi connectivity index (χ0n) is 11.6. The number of aliphatic hydroxyl groups excluding tert-OH is 1. The largest absolute Gasteiger partial charge is 0.480 e. The van der Waals surface area contributed by atoms with E-state index in [0.29, 0.717) is 5.92 Å². The molecule has 0 saturated heterocycles.